The van der Waals surface area contributed by atoms with Gasteiger partial charge in [0.05, 0.1) is 0 Å². The smallest absolute Gasteiger partial charge is 0.317 e. The molecule has 2 rings (SSSR count). The molecule has 4 heteroatoms. The van der Waals surface area contributed by atoms with E-state index in [9.17, 15) is 4.79 Å². The van der Waals surface area contributed by atoms with Crippen LogP contribution in [0.2, 0.25) is 0 Å². The highest BCUT2D eigenvalue weighted by molar-refractivity contribution is 5.75. The Morgan fingerprint density at radius 3 is 2.33 bits per heavy atom. The van der Waals surface area contributed by atoms with Crippen molar-refractivity contribution in [3.63, 3.8) is 0 Å². The van der Waals surface area contributed by atoms with Gasteiger partial charge in [-0.3, -0.25) is 0 Å². The zero-order valence-corrected chi connectivity index (χ0v) is 12.0. The first-order chi connectivity index (χ1) is 8.46. The van der Waals surface area contributed by atoms with Gasteiger partial charge in [-0.05, 0) is 65.0 Å². The van der Waals surface area contributed by atoms with Crippen LogP contribution < -0.4 is 10.6 Å². The van der Waals surface area contributed by atoms with Gasteiger partial charge in [-0.2, -0.15) is 0 Å². The van der Waals surface area contributed by atoms with Crippen LogP contribution >= 0.6 is 0 Å². The Hall–Kier alpha value is -0.770. The van der Waals surface area contributed by atoms with Gasteiger partial charge >= 0.3 is 6.03 Å². The van der Waals surface area contributed by atoms with E-state index in [1.54, 1.807) is 0 Å². The van der Waals surface area contributed by atoms with Crippen molar-refractivity contribution in [2.75, 3.05) is 26.2 Å². The van der Waals surface area contributed by atoms with Gasteiger partial charge < -0.3 is 15.5 Å². The van der Waals surface area contributed by atoms with E-state index in [2.05, 4.69) is 10.6 Å². The van der Waals surface area contributed by atoms with Crippen molar-refractivity contribution >= 4 is 6.03 Å². The predicted octanol–water partition coefficient (Wildman–Crippen LogP) is 1.82. The van der Waals surface area contributed by atoms with Gasteiger partial charge in [0.2, 0.25) is 0 Å². The Kier molecular flexibility index (Phi) is 4.15. The van der Waals surface area contributed by atoms with Crippen LogP contribution in [0.5, 0.6) is 0 Å². The molecule has 0 aliphatic carbocycles. The predicted molar refractivity (Wildman–Crippen MR) is 73.6 cm³/mol. The van der Waals surface area contributed by atoms with Crippen molar-refractivity contribution < 1.29 is 4.79 Å². The maximum absolute atomic E-state index is 12.0. The number of rotatable bonds is 1. The number of amides is 2. The summed E-state index contributed by atoms with van der Waals surface area (Å²) >= 11 is 0. The number of hydrogen-bond donors (Lipinski definition) is 2. The number of hydrogen-bond acceptors (Lipinski definition) is 2. The quantitative estimate of drug-likeness (QED) is 0.748. The van der Waals surface area contributed by atoms with E-state index in [-0.39, 0.29) is 11.6 Å². The van der Waals surface area contributed by atoms with Gasteiger partial charge in [0.25, 0.3) is 0 Å². The van der Waals surface area contributed by atoms with Crippen LogP contribution in [0.1, 0.15) is 40.0 Å². The van der Waals surface area contributed by atoms with Crippen LogP contribution in [0.3, 0.4) is 0 Å². The molecule has 2 saturated heterocycles. The minimum atomic E-state index is -0.136. The van der Waals surface area contributed by atoms with Gasteiger partial charge in [0.15, 0.2) is 0 Å². The number of carbonyl (C=O) groups excluding carboxylic acids is 1. The molecule has 0 spiro atoms. The van der Waals surface area contributed by atoms with Crippen LogP contribution in [0.4, 0.5) is 4.79 Å². The van der Waals surface area contributed by atoms with E-state index in [1.807, 2.05) is 25.7 Å². The zero-order valence-electron chi connectivity index (χ0n) is 12.0. The summed E-state index contributed by atoms with van der Waals surface area (Å²) in [6.45, 7) is 10.3. The van der Waals surface area contributed by atoms with E-state index in [0.717, 1.165) is 24.9 Å². The average Bonchev–Trinajstić information content (AvgIpc) is 2.80. The minimum absolute atomic E-state index is 0.102. The van der Waals surface area contributed by atoms with E-state index in [1.165, 1.54) is 32.4 Å². The van der Waals surface area contributed by atoms with E-state index in [0.29, 0.717) is 0 Å². The number of urea groups is 1. The summed E-state index contributed by atoms with van der Waals surface area (Å²) in [4.78, 5) is 14.0. The molecule has 0 unspecified atom stereocenters. The van der Waals surface area contributed by atoms with Crippen molar-refractivity contribution in [2.45, 2.75) is 45.6 Å². The topological polar surface area (TPSA) is 44.4 Å². The number of nitrogens with zero attached hydrogens (tertiary/aromatic N) is 1. The molecule has 18 heavy (non-hydrogen) atoms. The molecule has 0 aromatic heterocycles. The fourth-order valence-corrected chi connectivity index (χ4v) is 3.05. The molecule has 4 nitrogen and oxygen atoms in total. The molecule has 2 N–H and O–H groups in total. The molecule has 2 aliphatic heterocycles. The molecular weight excluding hydrogens is 226 g/mol. The number of carbonyl (C=O) groups is 1. The van der Waals surface area contributed by atoms with Crippen molar-refractivity contribution in [1.29, 1.82) is 0 Å². The Bertz CT molecular complexity index is 284. The first kappa shape index (κ1) is 13.7. The largest absolute Gasteiger partial charge is 0.333 e. The van der Waals surface area contributed by atoms with E-state index < -0.39 is 0 Å². The molecule has 2 fully saturated rings. The summed E-state index contributed by atoms with van der Waals surface area (Å²) < 4.78 is 0. The fraction of sp³-hybridized carbons (Fsp3) is 0.929. The highest BCUT2D eigenvalue weighted by Gasteiger charge is 2.30. The summed E-state index contributed by atoms with van der Waals surface area (Å²) in [7, 11) is 0. The fourth-order valence-electron chi connectivity index (χ4n) is 3.05. The number of nitrogens with one attached hydrogen (secondary N) is 2. The Morgan fingerprint density at radius 1 is 1.17 bits per heavy atom. The summed E-state index contributed by atoms with van der Waals surface area (Å²) in [6, 6.07) is 0.102. The molecule has 104 valence electrons. The second kappa shape index (κ2) is 5.47. The summed E-state index contributed by atoms with van der Waals surface area (Å²) in [5.74, 6) is 1.66. The second-order valence-corrected chi connectivity index (χ2v) is 6.76. The van der Waals surface area contributed by atoms with Gasteiger partial charge in [0.1, 0.15) is 0 Å². The molecule has 0 saturated carbocycles. The third kappa shape index (κ3) is 3.61. The molecular formula is C14H27N3O. The van der Waals surface area contributed by atoms with Gasteiger partial charge in [-0.15, -0.1) is 0 Å². The highest BCUT2D eigenvalue weighted by atomic mass is 16.2. The standard InChI is InChI=1S/C14H27N3O/c1-14(2,3)16-13(18)17-8-5-11(6-9-17)12-4-7-15-10-12/h11-12,15H,4-10H2,1-3H3,(H,16,18)/t12-/m1/s1. The zero-order chi connectivity index (χ0) is 13.2. The lowest BCUT2D eigenvalue weighted by molar-refractivity contribution is 0.147. The minimum Gasteiger partial charge on any atom is -0.333 e. The van der Waals surface area contributed by atoms with Crippen LogP contribution in [-0.2, 0) is 0 Å². The third-order valence-electron chi connectivity index (χ3n) is 4.07. The van der Waals surface area contributed by atoms with Crippen LogP contribution in [0.25, 0.3) is 0 Å². The lowest BCUT2D eigenvalue weighted by atomic mass is 9.84. The molecule has 0 bridgehead atoms. The Labute approximate surface area is 110 Å². The van der Waals surface area contributed by atoms with Crippen molar-refractivity contribution in [3.8, 4) is 0 Å². The van der Waals surface area contributed by atoms with E-state index >= 15 is 0 Å². The third-order valence-corrected chi connectivity index (χ3v) is 4.07. The summed E-state index contributed by atoms with van der Waals surface area (Å²) in [6.07, 6.45) is 3.66. The van der Waals surface area contributed by atoms with Crippen LogP contribution in [-0.4, -0.2) is 42.6 Å². The Morgan fingerprint density at radius 2 is 1.83 bits per heavy atom. The lowest BCUT2D eigenvalue weighted by Gasteiger charge is -2.36. The summed E-state index contributed by atoms with van der Waals surface area (Å²) in [5.41, 5.74) is -0.136. The number of piperidine rings is 1. The molecule has 2 heterocycles. The normalized spacial score (nSPS) is 26.4. The second-order valence-electron chi connectivity index (χ2n) is 6.76. The monoisotopic (exact) mass is 253 g/mol. The van der Waals surface area contributed by atoms with Crippen molar-refractivity contribution in [2.24, 2.45) is 11.8 Å². The van der Waals surface area contributed by atoms with Crippen molar-refractivity contribution in [3.05, 3.63) is 0 Å². The number of likely N-dealkylation sites (tertiary alicyclic amines) is 1. The molecule has 0 aromatic carbocycles. The van der Waals surface area contributed by atoms with Crippen LogP contribution in [0.15, 0.2) is 0 Å². The van der Waals surface area contributed by atoms with Crippen LogP contribution in [0, 0.1) is 11.8 Å². The average molecular weight is 253 g/mol. The first-order valence-electron chi connectivity index (χ1n) is 7.23. The SMILES string of the molecule is CC(C)(C)NC(=O)N1CCC([C@@H]2CCNC2)CC1. The summed E-state index contributed by atoms with van der Waals surface area (Å²) in [5, 5.41) is 6.49. The molecule has 0 radical (unpaired) electrons. The molecule has 1 atom stereocenters. The van der Waals surface area contributed by atoms with E-state index in [4.69, 9.17) is 0 Å². The Balaban J connectivity index is 1.77. The van der Waals surface area contributed by atoms with Gasteiger partial charge in [-0.1, -0.05) is 0 Å². The van der Waals surface area contributed by atoms with Gasteiger partial charge in [-0.25, -0.2) is 4.79 Å². The first-order valence-corrected chi connectivity index (χ1v) is 7.23. The lowest BCUT2D eigenvalue weighted by Crippen LogP contribution is -2.51. The van der Waals surface area contributed by atoms with Crippen molar-refractivity contribution in [1.82, 2.24) is 15.5 Å². The maximum Gasteiger partial charge on any atom is 0.317 e. The van der Waals surface area contributed by atoms with Gasteiger partial charge in [0, 0.05) is 18.6 Å². The maximum atomic E-state index is 12.0. The molecule has 0 aromatic rings. The highest BCUT2D eigenvalue weighted by Crippen LogP contribution is 2.28. The molecule has 2 amide bonds. The molecule has 2 aliphatic rings.